The number of rotatable bonds is 5. The number of nitrogens with two attached hydrogens (primary N) is 1. The van der Waals surface area contributed by atoms with Crippen LogP contribution in [-0.2, 0) is 6.42 Å². The molecule has 0 saturated carbocycles. The molecule has 7 nitrogen and oxygen atoms in total. The Labute approximate surface area is 86.1 Å². The number of hydrogen-bond acceptors (Lipinski definition) is 6. The van der Waals surface area contributed by atoms with Gasteiger partial charge in [-0.05, 0) is 19.4 Å². The van der Waals surface area contributed by atoms with Crippen molar-refractivity contribution in [2.75, 3.05) is 6.54 Å². The van der Waals surface area contributed by atoms with Crippen LogP contribution < -0.4 is 5.73 Å². The van der Waals surface area contributed by atoms with Crippen molar-refractivity contribution < 1.29 is 4.52 Å². The lowest BCUT2D eigenvalue weighted by molar-refractivity contribution is 0.375. The Morgan fingerprint density at radius 2 is 2.33 bits per heavy atom. The standard InChI is InChI=1S/C8H12N6O/c9-4-2-1-3-6-12-8(14-15-6)7-10-5-11-13-7/h5H,1-4,9H2,(H,10,11,13). The monoisotopic (exact) mass is 208 g/mol. The topological polar surface area (TPSA) is 107 Å². The van der Waals surface area contributed by atoms with E-state index in [2.05, 4.69) is 25.3 Å². The van der Waals surface area contributed by atoms with Gasteiger partial charge in [0.05, 0.1) is 0 Å². The molecule has 0 amide bonds. The van der Waals surface area contributed by atoms with E-state index in [0.29, 0.717) is 24.1 Å². The van der Waals surface area contributed by atoms with Crippen LogP contribution in [0.2, 0.25) is 0 Å². The second-order valence-corrected chi connectivity index (χ2v) is 3.09. The maximum absolute atomic E-state index is 5.39. The molecule has 2 heterocycles. The molecule has 0 aliphatic rings. The lowest BCUT2D eigenvalue weighted by atomic mass is 10.2. The zero-order valence-corrected chi connectivity index (χ0v) is 8.18. The summed E-state index contributed by atoms with van der Waals surface area (Å²) in [5, 5.41) is 10.2. The Hall–Kier alpha value is -1.76. The van der Waals surface area contributed by atoms with Crippen LogP contribution in [0.25, 0.3) is 11.6 Å². The number of H-pyrrole nitrogens is 1. The van der Waals surface area contributed by atoms with Crippen LogP contribution in [0.3, 0.4) is 0 Å². The summed E-state index contributed by atoms with van der Waals surface area (Å²) >= 11 is 0. The summed E-state index contributed by atoms with van der Waals surface area (Å²) in [7, 11) is 0. The average Bonchev–Trinajstić information content (AvgIpc) is 2.87. The van der Waals surface area contributed by atoms with Gasteiger partial charge in [-0.1, -0.05) is 5.16 Å². The van der Waals surface area contributed by atoms with Crippen molar-refractivity contribution in [3.05, 3.63) is 12.2 Å². The van der Waals surface area contributed by atoms with Crippen LogP contribution in [0.1, 0.15) is 18.7 Å². The number of nitrogens with one attached hydrogen (secondary N) is 1. The molecule has 0 unspecified atom stereocenters. The molecule has 15 heavy (non-hydrogen) atoms. The molecule has 3 N–H and O–H groups in total. The summed E-state index contributed by atoms with van der Waals surface area (Å²) in [6.07, 6.45) is 4.06. The molecule has 7 heteroatoms. The van der Waals surface area contributed by atoms with Gasteiger partial charge in [0.1, 0.15) is 6.33 Å². The van der Waals surface area contributed by atoms with Gasteiger partial charge >= 0.3 is 0 Å². The average molecular weight is 208 g/mol. The van der Waals surface area contributed by atoms with Crippen molar-refractivity contribution >= 4 is 0 Å². The summed E-state index contributed by atoms with van der Waals surface area (Å²) in [5.74, 6) is 1.56. The van der Waals surface area contributed by atoms with Crippen LogP contribution in [0.4, 0.5) is 0 Å². The summed E-state index contributed by atoms with van der Waals surface area (Å²) in [6, 6.07) is 0. The predicted molar refractivity (Wildman–Crippen MR) is 51.7 cm³/mol. The van der Waals surface area contributed by atoms with Gasteiger partial charge < -0.3 is 10.3 Å². The summed E-state index contributed by atoms with van der Waals surface area (Å²) in [5.41, 5.74) is 5.39. The Kier molecular flexibility index (Phi) is 3.03. The number of aromatic amines is 1. The second kappa shape index (κ2) is 4.65. The van der Waals surface area contributed by atoms with Gasteiger partial charge in [0.25, 0.3) is 0 Å². The number of unbranched alkanes of at least 4 members (excludes halogenated alkanes) is 1. The summed E-state index contributed by atoms with van der Waals surface area (Å²) in [6.45, 7) is 0.684. The highest BCUT2D eigenvalue weighted by Crippen LogP contribution is 2.10. The lowest BCUT2D eigenvalue weighted by Crippen LogP contribution is -1.99. The minimum atomic E-state index is 0.440. The van der Waals surface area contributed by atoms with Gasteiger partial charge in [-0.15, -0.1) is 0 Å². The van der Waals surface area contributed by atoms with Crippen molar-refractivity contribution in [1.29, 1.82) is 0 Å². The minimum Gasteiger partial charge on any atom is -0.339 e. The molecule has 2 rings (SSSR count). The molecule has 0 spiro atoms. The third kappa shape index (κ3) is 2.38. The van der Waals surface area contributed by atoms with Crippen LogP contribution in [-0.4, -0.2) is 31.9 Å². The first-order chi connectivity index (χ1) is 7.40. The fourth-order valence-corrected chi connectivity index (χ4v) is 1.19. The minimum absolute atomic E-state index is 0.440. The molecule has 0 aliphatic carbocycles. The van der Waals surface area contributed by atoms with Crippen LogP contribution >= 0.6 is 0 Å². The molecule has 0 saturated heterocycles. The fourth-order valence-electron chi connectivity index (χ4n) is 1.19. The van der Waals surface area contributed by atoms with E-state index in [-0.39, 0.29) is 0 Å². The molecule has 0 aliphatic heterocycles. The van der Waals surface area contributed by atoms with Gasteiger partial charge in [-0.2, -0.15) is 10.1 Å². The number of hydrogen-bond donors (Lipinski definition) is 2. The Balaban J connectivity index is 1.98. The highest BCUT2D eigenvalue weighted by atomic mass is 16.5. The van der Waals surface area contributed by atoms with E-state index >= 15 is 0 Å². The molecule has 80 valence electrons. The summed E-state index contributed by atoms with van der Waals surface area (Å²) in [4.78, 5) is 8.10. The highest BCUT2D eigenvalue weighted by Gasteiger charge is 2.09. The molecule has 0 radical (unpaired) electrons. The van der Waals surface area contributed by atoms with Gasteiger partial charge in [-0.3, -0.25) is 5.10 Å². The van der Waals surface area contributed by atoms with Gasteiger partial charge in [0.15, 0.2) is 5.82 Å². The van der Waals surface area contributed by atoms with Crippen molar-refractivity contribution in [2.24, 2.45) is 5.73 Å². The third-order valence-corrected chi connectivity index (χ3v) is 1.94. The largest absolute Gasteiger partial charge is 0.339 e. The lowest BCUT2D eigenvalue weighted by Gasteiger charge is -1.91. The van der Waals surface area contributed by atoms with E-state index in [0.717, 1.165) is 19.3 Å². The van der Waals surface area contributed by atoms with Crippen molar-refractivity contribution in [3.63, 3.8) is 0 Å². The van der Waals surface area contributed by atoms with E-state index in [1.165, 1.54) is 6.33 Å². The number of aryl methyl sites for hydroxylation is 1. The SMILES string of the molecule is NCCCCc1nc(-c2ncn[nH]2)no1. The highest BCUT2D eigenvalue weighted by molar-refractivity contribution is 5.39. The molecule has 0 fully saturated rings. The quantitative estimate of drug-likeness (QED) is 0.676. The van der Waals surface area contributed by atoms with E-state index in [4.69, 9.17) is 10.3 Å². The molecule has 0 atom stereocenters. The van der Waals surface area contributed by atoms with E-state index < -0.39 is 0 Å². The summed E-state index contributed by atoms with van der Waals surface area (Å²) < 4.78 is 5.05. The van der Waals surface area contributed by atoms with Crippen molar-refractivity contribution in [3.8, 4) is 11.6 Å². The smallest absolute Gasteiger partial charge is 0.239 e. The van der Waals surface area contributed by atoms with Gasteiger partial charge in [-0.25, -0.2) is 4.98 Å². The van der Waals surface area contributed by atoms with Gasteiger partial charge in [0.2, 0.25) is 11.7 Å². The zero-order chi connectivity index (χ0) is 10.5. The predicted octanol–water partition coefficient (Wildman–Crippen LogP) is 0.136. The van der Waals surface area contributed by atoms with Crippen LogP contribution in [0, 0.1) is 0 Å². The normalized spacial score (nSPS) is 10.7. The Morgan fingerprint density at radius 1 is 1.40 bits per heavy atom. The Bertz CT molecular complexity index is 395. The molecule has 0 aromatic carbocycles. The first-order valence-corrected chi connectivity index (χ1v) is 4.78. The number of nitrogens with zero attached hydrogens (tertiary/aromatic N) is 4. The van der Waals surface area contributed by atoms with E-state index in [1.807, 2.05) is 0 Å². The molecular formula is C8H12N6O. The molecule has 0 bridgehead atoms. The van der Waals surface area contributed by atoms with Crippen molar-refractivity contribution in [1.82, 2.24) is 25.3 Å². The van der Waals surface area contributed by atoms with Crippen LogP contribution in [0.5, 0.6) is 0 Å². The molecule has 2 aromatic heterocycles. The zero-order valence-electron chi connectivity index (χ0n) is 8.18. The second-order valence-electron chi connectivity index (χ2n) is 3.09. The van der Waals surface area contributed by atoms with Crippen molar-refractivity contribution in [2.45, 2.75) is 19.3 Å². The third-order valence-electron chi connectivity index (χ3n) is 1.94. The molecule has 2 aromatic rings. The Morgan fingerprint density at radius 3 is 3.07 bits per heavy atom. The van der Waals surface area contributed by atoms with Gasteiger partial charge in [0, 0.05) is 6.42 Å². The van der Waals surface area contributed by atoms with E-state index in [9.17, 15) is 0 Å². The maximum atomic E-state index is 5.39. The number of aromatic nitrogens is 5. The van der Waals surface area contributed by atoms with E-state index in [1.54, 1.807) is 0 Å². The first-order valence-electron chi connectivity index (χ1n) is 4.78. The molecular weight excluding hydrogens is 196 g/mol. The maximum Gasteiger partial charge on any atom is 0.239 e. The van der Waals surface area contributed by atoms with Crippen LogP contribution in [0.15, 0.2) is 10.9 Å². The fraction of sp³-hybridized carbons (Fsp3) is 0.500. The first kappa shape index (κ1) is 9.78.